The summed E-state index contributed by atoms with van der Waals surface area (Å²) in [6.45, 7) is 0. The van der Waals surface area contributed by atoms with E-state index in [1.807, 2.05) is 16.9 Å². The van der Waals surface area contributed by atoms with Crippen molar-refractivity contribution < 1.29 is 9.59 Å². The smallest absolute Gasteiger partial charge is 0.265 e. The fourth-order valence-corrected chi connectivity index (χ4v) is 2.01. The molecule has 18 heavy (non-hydrogen) atoms. The van der Waals surface area contributed by atoms with Gasteiger partial charge in [0.2, 0.25) is 0 Å². The van der Waals surface area contributed by atoms with Crippen LogP contribution in [-0.2, 0) is 0 Å². The van der Waals surface area contributed by atoms with Crippen molar-refractivity contribution >= 4 is 28.8 Å². The minimum Gasteiger partial charge on any atom is -0.321 e. The van der Waals surface area contributed by atoms with Crippen LogP contribution in [0.1, 0.15) is 20.0 Å². The van der Waals surface area contributed by atoms with Gasteiger partial charge >= 0.3 is 0 Å². The van der Waals surface area contributed by atoms with Gasteiger partial charge in [0.1, 0.15) is 0 Å². The Morgan fingerprint density at radius 1 is 1.06 bits per heavy atom. The quantitative estimate of drug-likeness (QED) is 0.446. The van der Waals surface area contributed by atoms with Gasteiger partial charge in [-0.15, -0.1) is 11.3 Å². The van der Waals surface area contributed by atoms with Crippen molar-refractivity contribution in [3.63, 3.8) is 0 Å². The van der Waals surface area contributed by atoms with E-state index in [-0.39, 0.29) is 11.8 Å². The van der Waals surface area contributed by atoms with Gasteiger partial charge in [0.05, 0.1) is 4.88 Å². The molecule has 2 aromatic rings. The molecule has 0 fully saturated rings. The Labute approximate surface area is 108 Å². The van der Waals surface area contributed by atoms with Gasteiger partial charge in [0.25, 0.3) is 11.8 Å². The van der Waals surface area contributed by atoms with Gasteiger partial charge in [-0.05, 0) is 35.7 Å². The van der Waals surface area contributed by atoms with Crippen LogP contribution in [0.4, 0.5) is 5.69 Å². The maximum absolute atomic E-state index is 11.8. The summed E-state index contributed by atoms with van der Waals surface area (Å²) >= 11 is 1.37. The third kappa shape index (κ3) is 2.73. The molecule has 1 heterocycles. The first kappa shape index (κ1) is 12.3. The normalized spacial score (nSPS) is 9.83. The standard InChI is InChI=1S/C12H11N3O2S/c13-15-11(16)8-3-5-9(6-4-8)14-12(17)10-2-1-7-18-10/h1-7H,13H2,(H,14,17)(H,15,16). The molecule has 4 N–H and O–H groups in total. The van der Waals surface area contributed by atoms with Gasteiger partial charge in [-0.1, -0.05) is 6.07 Å². The van der Waals surface area contributed by atoms with E-state index in [1.54, 1.807) is 30.3 Å². The lowest BCUT2D eigenvalue weighted by Crippen LogP contribution is -2.29. The van der Waals surface area contributed by atoms with Crippen molar-refractivity contribution in [3.05, 3.63) is 52.2 Å². The molecule has 1 aromatic heterocycles. The number of carbonyl (C=O) groups is 2. The summed E-state index contributed by atoms with van der Waals surface area (Å²) in [7, 11) is 0. The van der Waals surface area contributed by atoms with E-state index >= 15 is 0 Å². The maximum Gasteiger partial charge on any atom is 0.265 e. The maximum atomic E-state index is 11.8. The Kier molecular flexibility index (Phi) is 3.71. The number of benzene rings is 1. The topological polar surface area (TPSA) is 84.2 Å². The van der Waals surface area contributed by atoms with Gasteiger partial charge in [-0.2, -0.15) is 0 Å². The number of hydrazine groups is 1. The molecule has 0 saturated carbocycles. The molecule has 2 rings (SSSR count). The minimum atomic E-state index is -0.369. The monoisotopic (exact) mass is 261 g/mol. The Morgan fingerprint density at radius 3 is 2.33 bits per heavy atom. The molecular formula is C12H11N3O2S. The third-order valence-electron chi connectivity index (χ3n) is 2.28. The molecule has 6 heteroatoms. The van der Waals surface area contributed by atoms with Crippen LogP contribution in [0, 0.1) is 0 Å². The summed E-state index contributed by atoms with van der Waals surface area (Å²) in [5, 5.41) is 4.57. The number of anilines is 1. The average molecular weight is 261 g/mol. The van der Waals surface area contributed by atoms with E-state index in [9.17, 15) is 9.59 Å². The second-order valence-corrected chi connectivity index (χ2v) is 4.43. The first-order valence-electron chi connectivity index (χ1n) is 5.16. The Bertz CT molecular complexity index is 549. The number of amides is 2. The van der Waals surface area contributed by atoms with Gasteiger partial charge in [-0.3, -0.25) is 15.0 Å². The molecule has 0 unspecified atom stereocenters. The molecule has 0 aliphatic carbocycles. The molecule has 0 spiro atoms. The van der Waals surface area contributed by atoms with Crippen LogP contribution in [0.2, 0.25) is 0 Å². The molecule has 0 atom stereocenters. The summed E-state index contributed by atoms with van der Waals surface area (Å²) in [5.74, 6) is 4.48. The highest BCUT2D eigenvalue weighted by Gasteiger charge is 2.07. The molecule has 0 radical (unpaired) electrons. The largest absolute Gasteiger partial charge is 0.321 e. The average Bonchev–Trinajstić information content (AvgIpc) is 2.92. The summed E-state index contributed by atoms with van der Waals surface area (Å²) in [5.41, 5.74) is 3.10. The van der Waals surface area contributed by atoms with Crippen LogP contribution >= 0.6 is 11.3 Å². The van der Waals surface area contributed by atoms with Crippen molar-refractivity contribution in [1.29, 1.82) is 0 Å². The minimum absolute atomic E-state index is 0.166. The van der Waals surface area contributed by atoms with E-state index in [2.05, 4.69) is 5.32 Å². The number of hydrogen-bond acceptors (Lipinski definition) is 4. The molecule has 92 valence electrons. The number of nitrogens with one attached hydrogen (secondary N) is 2. The van der Waals surface area contributed by atoms with E-state index < -0.39 is 0 Å². The number of thiophene rings is 1. The lowest BCUT2D eigenvalue weighted by molar-refractivity contribution is 0.0953. The molecule has 0 bridgehead atoms. The summed E-state index contributed by atoms with van der Waals surface area (Å²) in [6.07, 6.45) is 0. The molecule has 0 aliphatic heterocycles. The molecule has 2 amide bonds. The second-order valence-electron chi connectivity index (χ2n) is 3.48. The highest BCUT2D eigenvalue weighted by molar-refractivity contribution is 7.12. The summed E-state index contributed by atoms with van der Waals surface area (Å²) < 4.78 is 0. The molecule has 0 saturated heterocycles. The summed E-state index contributed by atoms with van der Waals surface area (Å²) in [4.78, 5) is 23.6. The first-order chi connectivity index (χ1) is 8.70. The van der Waals surface area contributed by atoms with E-state index in [0.717, 1.165) is 0 Å². The summed E-state index contributed by atoms with van der Waals surface area (Å²) in [6, 6.07) is 10.0. The van der Waals surface area contributed by atoms with Crippen LogP contribution in [0.15, 0.2) is 41.8 Å². The van der Waals surface area contributed by atoms with Crippen molar-refractivity contribution in [3.8, 4) is 0 Å². The van der Waals surface area contributed by atoms with Crippen LogP contribution in [0.5, 0.6) is 0 Å². The fourth-order valence-electron chi connectivity index (χ4n) is 1.39. The van der Waals surface area contributed by atoms with Crippen molar-refractivity contribution in [1.82, 2.24) is 5.43 Å². The first-order valence-corrected chi connectivity index (χ1v) is 6.04. The molecule has 1 aromatic carbocycles. The van der Waals surface area contributed by atoms with E-state index in [1.165, 1.54) is 11.3 Å². The van der Waals surface area contributed by atoms with Gasteiger partial charge in [0.15, 0.2) is 0 Å². The number of nitrogen functional groups attached to an aromatic ring is 1. The zero-order chi connectivity index (χ0) is 13.0. The Morgan fingerprint density at radius 2 is 1.78 bits per heavy atom. The molecule has 5 nitrogen and oxygen atoms in total. The highest BCUT2D eigenvalue weighted by Crippen LogP contribution is 2.14. The van der Waals surface area contributed by atoms with Crippen molar-refractivity contribution in [2.24, 2.45) is 5.84 Å². The lowest BCUT2D eigenvalue weighted by Gasteiger charge is -2.04. The lowest BCUT2D eigenvalue weighted by atomic mass is 10.2. The number of hydrogen-bond donors (Lipinski definition) is 3. The highest BCUT2D eigenvalue weighted by atomic mass is 32.1. The van der Waals surface area contributed by atoms with E-state index in [4.69, 9.17) is 5.84 Å². The number of rotatable bonds is 3. The zero-order valence-corrected chi connectivity index (χ0v) is 10.2. The number of nitrogens with two attached hydrogens (primary N) is 1. The van der Waals surface area contributed by atoms with Gasteiger partial charge in [0, 0.05) is 11.3 Å². The number of carbonyl (C=O) groups excluding carboxylic acids is 2. The Hall–Kier alpha value is -2.18. The van der Waals surface area contributed by atoms with E-state index in [0.29, 0.717) is 16.1 Å². The molecular weight excluding hydrogens is 250 g/mol. The molecule has 0 aliphatic rings. The van der Waals surface area contributed by atoms with Crippen LogP contribution in [0.3, 0.4) is 0 Å². The second kappa shape index (κ2) is 5.44. The van der Waals surface area contributed by atoms with Crippen LogP contribution < -0.4 is 16.6 Å². The zero-order valence-electron chi connectivity index (χ0n) is 9.34. The van der Waals surface area contributed by atoms with Crippen molar-refractivity contribution in [2.75, 3.05) is 5.32 Å². The predicted octanol–water partition coefficient (Wildman–Crippen LogP) is 1.60. The third-order valence-corrected chi connectivity index (χ3v) is 3.15. The Balaban J connectivity index is 2.07. The van der Waals surface area contributed by atoms with Crippen molar-refractivity contribution in [2.45, 2.75) is 0 Å². The fraction of sp³-hybridized carbons (Fsp3) is 0. The van der Waals surface area contributed by atoms with Crippen LogP contribution in [-0.4, -0.2) is 11.8 Å². The SMILES string of the molecule is NNC(=O)c1ccc(NC(=O)c2cccs2)cc1. The predicted molar refractivity (Wildman–Crippen MR) is 70.4 cm³/mol. The van der Waals surface area contributed by atoms with Gasteiger partial charge < -0.3 is 5.32 Å². The van der Waals surface area contributed by atoms with Gasteiger partial charge in [-0.25, -0.2) is 5.84 Å². The van der Waals surface area contributed by atoms with Crippen LogP contribution in [0.25, 0.3) is 0 Å².